The molecule has 1 aliphatic carbocycles. The molecule has 1 aromatic rings. The van der Waals surface area contributed by atoms with Crippen molar-refractivity contribution in [1.29, 1.82) is 0 Å². The first-order valence-corrected chi connectivity index (χ1v) is 8.42. The number of thiazole rings is 1. The van der Waals surface area contributed by atoms with Gasteiger partial charge >= 0.3 is 0 Å². The van der Waals surface area contributed by atoms with Crippen LogP contribution in [0.25, 0.3) is 0 Å². The summed E-state index contributed by atoms with van der Waals surface area (Å²) >= 11 is 1.74. The van der Waals surface area contributed by atoms with E-state index in [0.29, 0.717) is 6.04 Å². The van der Waals surface area contributed by atoms with Crippen molar-refractivity contribution < 1.29 is 0 Å². The maximum Gasteiger partial charge on any atom is 0.191 e. The smallest absolute Gasteiger partial charge is 0.191 e. The highest BCUT2D eigenvalue weighted by Gasteiger charge is 2.28. The van der Waals surface area contributed by atoms with E-state index in [1.165, 1.54) is 17.7 Å². The van der Waals surface area contributed by atoms with Crippen molar-refractivity contribution in [2.24, 2.45) is 4.99 Å². The van der Waals surface area contributed by atoms with Gasteiger partial charge in [-0.25, -0.2) is 4.98 Å². The summed E-state index contributed by atoms with van der Waals surface area (Å²) in [4.78, 5) is 12.6. The molecule has 1 saturated carbocycles. The molecule has 1 atom stereocenters. The summed E-state index contributed by atoms with van der Waals surface area (Å²) in [6, 6.07) is 1.30. The number of likely N-dealkylation sites (N-methyl/N-ethyl adjacent to an activating group) is 1. The highest BCUT2D eigenvalue weighted by atomic mass is 127. The molecule has 2 N–H and O–H groups in total. The van der Waals surface area contributed by atoms with E-state index in [0.717, 1.165) is 35.8 Å². The van der Waals surface area contributed by atoms with Gasteiger partial charge in [-0.05, 0) is 40.7 Å². The van der Waals surface area contributed by atoms with Crippen LogP contribution in [0.4, 0.5) is 0 Å². The van der Waals surface area contributed by atoms with E-state index in [1.807, 2.05) is 7.05 Å². The second-order valence-electron chi connectivity index (χ2n) is 5.80. The number of hydrogen-bond acceptors (Lipinski definition) is 4. The highest BCUT2D eigenvalue weighted by Crippen LogP contribution is 2.26. The van der Waals surface area contributed by atoms with Gasteiger partial charge in [0.1, 0.15) is 5.01 Å². The lowest BCUT2D eigenvalue weighted by Crippen LogP contribution is -2.45. The third-order valence-corrected chi connectivity index (χ3v) is 5.16. The van der Waals surface area contributed by atoms with Gasteiger partial charge in [-0.1, -0.05) is 0 Å². The third-order valence-electron chi connectivity index (χ3n) is 4.09. The predicted octanol–water partition coefficient (Wildman–Crippen LogP) is 2.53. The molecule has 1 fully saturated rings. The van der Waals surface area contributed by atoms with E-state index >= 15 is 0 Å². The number of aryl methyl sites for hydroxylation is 2. The second-order valence-corrected chi connectivity index (χ2v) is 7.09. The van der Waals surface area contributed by atoms with Gasteiger partial charge in [0.15, 0.2) is 5.96 Å². The first-order valence-electron chi connectivity index (χ1n) is 7.60. The number of halogens is 1. The van der Waals surface area contributed by atoms with Crippen LogP contribution in [-0.2, 0) is 6.54 Å². The molecule has 1 aliphatic rings. The van der Waals surface area contributed by atoms with Crippen molar-refractivity contribution in [3.63, 3.8) is 0 Å². The summed E-state index contributed by atoms with van der Waals surface area (Å²) < 4.78 is 0. The van der Waals surface area contributed by atoms with E-state index in [4.69, 9.17) is 0 Å². The Bertz CT molecular complexity index is 479. The Kier molecular flexibility index (Phi) is 8.06. The van der Waals surface area contributed by atoms with Crippen molar-refractivity contribution in [1.82, 2.24) is 20.5 Å². The Labute approximate surface area is 155 Å². The summed E-state index contributed by atoms with van der Waals surface area (Å²) in [5, 5.41) is 7.84. The van der Waals surface area contributed by atoms with Crippen LogP contribution >= 0.6 is 35.3 Å². The Morgan fingerprint density at radius 1 is 1.41 bits per heavy atom. The van der Waals surface area contributed by atoms with E-state index < -0.39 is 0 Å². The molecule has 1 unspecified atom stereocenters. The number of rotatable bonds is 6. The normalized spacial score (nSPS) is 16.4. The molecule has 22 heavy (non-hydrogen) atoms. The molecule has 0 aliphatic heterocycles. The van der Waals surface area contributed by atoms with Gasteiger partial charge in [-0.15, -0.1) is 35.3 Å². The van der Waals surface area contributed by atoms with Gasteiger partial charge in [-0.2, -0.15) is 0 Å². The average molecular weight is 437 g/mol. The molecule has 2 rings (SSSR count). The fourth-order valence-corrected chi connectivity index (χ4v) is 3.10. The van der Waals surface area contributed by atoms with Crippen molar-refractivity contribution >= 4 is 41.3 Å². The Morgan fingerprint density at radius 2 is 2.09 bits per heavy atom. The van der Waals surface area contributed by atoms with Crippen LogP contribution in [0.2, 0.25) is 0 Å². The van der Waals surface area contributed by atoms with E-state index in [-0.39, 0.29) is 24.0 Å². The highest BCUT2D eigenvalue weighted by molar-refractivity contribution is 14.0. The molecule has 0 radical (unpaired) electrons. The molecule has 0 aromatic carbocycles. The Morgan fingerprint density at radius 3 is 2.59 bits per heavy atom. The minimum absolute atomic E-state index is 0. The van der Waals surface area contributed by atoms with Crippen LogP contribution in [0, 0.1) is 13.8 Å². The van der Waals surface area contributed by atoms with E-state index in [1.54, 1.807) is 11.3 Å². The first-order chi connectivity index (χ1) is 10.0. The molecule has 1 heterocycles. The molecule has 1 aromatic heterocycles. The lowest BCUT2D eigenvalue weighted by atomic mass is 10.3. The molecule has 0 spiro atoms. The molecule has 126 valence electrons. The van der Waals surface area contributed by atoms with Crippen LogP contribution in [-0.4, -0.2) is 48.6 Å². The maximum absolute atomic E-state index is 4.54. The van der Waals surface area contributed by atoms with Gasteiger partial charge in [-0.3, -0.25) is 9.89 Å². The minimum atomic E-state index is 0. The number of nitrogens with zero attached hydrogens (tertiary/aromatic N) is 3. The second kappa shape index (κ2) is 9.02. The molecule has 0 bridgehead atoms. The lowest BCUT2D eigenvalue weighted by molar-refractivity contribution is 0.247. The molecular weight excluding hydrogens is 409 g/mol. The van der Waals surface area contributed by atoms with Crippen molar-refractivity contribution in [2.45, 2.75) is 52.2 Å². The van der Waals surface area contributed by atoms with Crippen LogP contribution in [0.5, 0.6) is 0 Å². The van der Waals surface area contributed by atoms with Crippen molar-refractivity contribution in [3.05, 3.63) is 15.6 Å². The molecule has 5 nitrogen and oxygen atoms in total. The molecular formula is C15H28IN5S. The van der Waals surface area contributed by atoms with Crippen LogP contribution in [0.1, 0.15) is 35.3 Å². The monoisotopic (exact) mass is 437 g/mol. The Balaban J connectivity index is 0.00000242. The summed E-state index contributed by atoms with van der Waals surface area (Å²) in [6.45, 7) is 8.05. The fraction of sp³-hybridized carbons (Fsp3) is 0.733. The maximum atomic E-state index is 4.54. The number of aliphatic imine (C=N–C) groups is 1. The van der Waals surface area contributed by atoms with Gasteiger partial charge in [0.2, 0.25) is 0 Å². The number of aromatic nitrogens is 1. The quantitative estimate of drug-likeness (QED) is 0.408. The summed E-state index contributed by atoms with van der Waals surface area (Å²) in [5.41, 5.74) is 1.12. The molecule has 7 heteroatoms. The van der Waals surface area contributed by atoms with Crippen molar-refractivity contribution in [2.75, 3.05) is 20.6 Å². The Hall–Kier alpha value is -0.410. The van der Waals surface area contributed by atoms with Gasteiger partial charge < -0.3 is 10.6 Å². The zero-order valence-electron chi connectivity index (χ0n) is 14.1. The number of nitrogens with one attached hydrogen (secondary N) is 2. The summed E-state index contributed by atoms with van der Waals surface area (Å²) in [6.07, 6.45) is 2.69. The van der Waals surface area contributed by atoms with Crippen LogP contribution in [0.15, 0.2) is 4.99 Å². The number of hydrogen-bond donors (Lipinski definition) is 2. The van der Waals surface area contributed by atoms with Gasteiger partial charge in [0.25, 0.3) is 0 Å². The summed E-state index contributed by atoms with van der Waals surface area (Å²) in [7, 11) is 4.02. The standard InChI is InChI=1S/C15H27N5S.HI/c1-10(20(5)13-6-7-13)8-17-15(16-4)18-9-14-19-11(2)12(3)21-14;/h10,13H,6-9H2,1-5H3,(H2,16,17,18);1H. The topological polar surface area (TPSA) is 52.6 Å². The fourth-order valence-electron chi connectivity index (χ4n) is 2.22. The number of guanidine groups is 1. The van der Waals surface area contributed by atoms with E-state index in [9.17, 15) is 0 Å². The molecule has 0 saturated heterocycles. The zero-order valence-corrected chi connectivity index (χ0v) is 17.3. The van der Waals surface area contributed by atoms with Gasteiger partial charge in [0, 0.05) is 30.6 Å². The van der Waals surface area contributed by atoms with E-state index in [2.05, 4.69) is 53.3 Å². The largest absolute Gasteiger partial charge is 0.355 e. The average Bonchev–Trinajstić information content (AvgIpc) is 3.25. The van der Waals surface area contributed by atoms with Crippen molar-refractivity contribution in [3.8, 4) is 0 Å². The third kappa shape index (κ3) is 5.66. The van der Waals surface area contributed by atoms with Crippen LogP contribution < -0.4 is 10.6 Å². The first kappa shape index (κ1) is 19.6. The predicted molar refractivity (Wildman–Crippen MR) is 105 cm³/mol. The van der Waals surface area contributed by atoms with Gasteiger partial charge in [0.05, 0.1) is 12.2 Å². The van der Waals surface area contributed by atoms with Crippen LogP contribution in [0.3, 0.4) is 0 Å². The minimum Gasteiger partial charge on any atom is -0.355 e. The summed E-state index contributed by atoms with van der Waals surface area (Å²) in [5.74, 6) is 0.844. The lowest BCUT2D eigenvalue weighted by Gasteiger charge is -2.25. The SMILES string of the molecule is CN=C(NCc1nc(C)c(C)s1)NCC(C)N(C)C1CC1.I. The molecule has 0 amide bonds. The zero-order chi connectivity index (χ0) is 15.4.